The zero-order valence-corrected chi connectivity index (χ0v) is 23.5. The highest BCUT2D eigenvalue weighted by molar-refractivity contribution is 5.77. The van der Waals surface area contributed by atoms with E-state index in [1.54, 1.807) is 13.0 Å². The lowest BCUT2D eigenvalue weighted by atomic mass is 9.95. The quantitative estimate of drug-likeness (QED) is 0.324. The number of rotatable bonds is 13. The molecule has 2 aromatic rings. The minimum atomic E-state index is -1.03. The van der Waals surface area contributed by atoms with E-state index in [0.717, 1.165) is 63.1 Å². The molecule has 8 nitrogen and oxygen atoms in total. The Hall–Kier alpha value is -2.75. The normalized spacial score (nSPS) is 19.0. The Balaban J connectivity index is 1.30. The SMILES string of the molecule is COc1c(F)cc([C@H](C)CO)cc1[C@@H](C(=O)O)N1CC[C@@H](N(C)CCCCCc2ccc3c(n2)NCCC3)C1. The molecule has 1 aromatic carbocycles. The van der Waals surface area contributed by atoms with E-state index in [1.165, 1.54) is 25.2 Å². The molecule has 3 N–H and O–H groups in total. The van der Waals surface area contributed by atoms with Crippen LogP contribution in [0.1, 0.15) is 73.4 Å². The number of aliphatic hydroxyl groups is 1. The fraction of sp³-hybridized carbons (Fsp3) is 0.600. The van der Waals surface area contributed by atoms with Crippen LogP contribution in [0.15, 0.2) is 24.3 Å². The van der Waals surface area contributed by atoms with E-state index < -0.39 is 17.8 Å². The molecule has 2 aliphatic heterocycles. The number of fused-ring (bicyclic) bond motifs is 1. The van der Waals surface area contributed by atoms with Crippen LogP contribution in [0.3, 0.4) is 0 Å². The van der Waals surface area contributed by atoms with Crippen LogP contribution in [0.4, 0.5) is 10.2 Å². The van der Waals surface area contributed by atoms with Gasteiger partial charge >= 0.3 is 5.97 Å². The monoisotopic (exact) mass is 542 g/mol. The lowest BCUT2D eigenvalue weighted by Crippen LogP contribution is -2.38. The first-order chi connectivity index (χ1) is 18.8. The molecule has 1 saturated heterocycles. The number of carbonyl (C=O) groups is 1. The summed E-state index contributed by atoms with van der Waals surface area (Å²) in [5.41, 5.74) is 3.33. The van der Waals surface area contributed by atoms with E-state index in [4.69, 9.17) is 9.72 Å². The maximum atomic E-state index is 14.9. The molecule has 3 atom stereocenters. The Bertz CT molecular complexity index is 1130. The van der Waals surface area contributed by atoms with Crippen molar-refractivity contribution in [1.29, 1.82) is 0 Å². The molecular weight excluding hydrogens is 499 g/mol. The van der Waals surface area contributed by atoms with Gasteiger partial charge in [0.25, 0.3) is 0 Å². The van der Waals surface area contributed by atoms with Crippen LogP contribution in [-0.4, -0.2) is 84.0 Å². The minimum absolute atomic E-state index is 0.0442. The number of carboxylic acids is 1. The minimum Gasteiger partial charge on any atom is -0.493 e. The van der Waals surface area contributed by atoms with Gasteiger partial charge in [-0.1, -0.05) is 19.4 Å². The van der Waals surface area contributed by atoms with Gasteiger partial charge < -0.3 is 25.2 Å². The summed E-state index contributed by atoms with van der Waals surface area (Å²) < 4.78 is 20.2. The molecule has 2 aliphatic rings. The molecule has 9 heteroatoms. The number of anilines is 1. The zero-order chi connectivity index (χ0) is 27.9. The Morgan fingerprint density at radius 3 is 2.87 bits per heavy atom. The Morgan fingerprint density at radius 2 is 2.13 bits per heavy atom. The van der Waals surface area contributed by atoms with Crippen molar-refractivity contribution in [3.8, 4) is 5.75 Å². The predicted octanol–water partition coefficient (Wildman–Crippen LogP) is 4.23. The van der Waals surface area contributed by atoms with Crippen molar-refractivity contribution in [3.05, 3.63) is 52.5 Å². The van der Waals surface area contributed by atoms with Crippen LogP contribution < -0.4 is 10.1 Å². The van der Waals surface area contributed by atoms with E-state index in [2.05, 4.69) is 29.4 Å². The van der Waals surface area contributed by atoms with Gasteiger partial charge in [-0.2, -0.15) is 0 Å². The number of pyridine rings is 1. The summed E-state index contributed by atoms with van der Waals surface area (Å²) in [5.74, 6) is -0.936. The molecule has 4 rings (SSSR count). The topological polar surface area (TPSA) is 98.2 Å². The van der Waals surface area contributed by atoms with Crippen LogP contribution >= 0.6 is 0 Å². The number of likely N-dealkylation sites (N-methyl/N-ethyl adjacent to an activating group) is 1. The van der Waals surface area contributed by atoms with Gasteiger partial charge in [-0.15, -0.1) is 0 Å². The van der Waals surface area contributed by atoms with Crippen LogP contribution in [0.25, 0.3) is 0 Å². The number of unbranched alkanes of at least 4 members (excludes halogenated alkanes) is 2. The van der Waals surface area contributed by atoms with Gasteiger partial charge in [0.2, 0.25) is 0 Å². The van der Waals surface area contributed by atoms with E-state index >= 15 is 0 Å². The maximum absolute atomic E-state index is 14.9. The summed E-state index contributed by atoms with van der Waals surface area (Å²) in [6.07, 6.45) is 7.36. The fourth-order valence-corrected chi connectivity index (χ4v) is 5.83. The van der Waals surface area contributed by atoms with Gasteiger partial charge in [-0.05, 0) is 81.4 Å². The number of aliphatic carboxylic acids is 1. The standard InChI is InChI=1S/C30H43FN4O4/c1-20(19-36)22-16-25(28(39-3)26(31)17-22)27(30(37)38)35-15-12-24(18-35)34(2)14-6-4-5-9-23-11-10-21-8-7-13-32-29(21)33-23/h10-11,16-17,20,24,27,36H,4-9,12-15,18-19H2,1-3H3,(H,32,33)(H,37,38)/t20-,24-,27+/m1/s1. The molecule has 0 spiro atoms. The molecule has 3 heterocycles. The van der Waals surface area contributed by atoms with Crippen LogP contribution in [0.2, 0.25) is 0 Å². The van der Waals surface area contributed by atoms with Crippen molar-refractivity contribution in [1.82, 2.24) is 14.8 Å². The fourth-order valence-electron chi connectivity index (χ4n) is 5.83. The van der Waals surface area contributed by atoms with Gasteiger partial charge in [0.1, 0.15) is 11.9 Å². The third-order valence-electron chi connectivity index (χ3n) is 8.25. The van der Waals surface area contributed by atoms with E-state index in [9.17, 15) is 19.4 Å². The molecule has 0 bridgehead atoms. The largest absolute Gasteiger partial charge is 0.493 e. The number of likely N-dealkylation sites (tertiary alicyclic amines) is 1. The average Bonchev–Trinajstić information content (AvgIpc) is 3.41. The van der Waals surface area contributed by atoms with Gasteiger partial charge in [-0.25, -0.2) is 9.37 Å². The Kier molecular flexibility index (Phi) is 10.2. The zero-order valence-electron chi connectivity index (χ0n) is 23.5. The highest BCUT2D eigenvalue weighted by atomic mass is 19.1. The second-order valence-corrected chi connectivity index (χ2v) is 11.0. The smallest absolute Gasteiger partial charge is 0.325 e. The molecular formula is C30H43FN4O4. The number of aromatic nitrogens is 1. The molecule has 0 amide bonds. The Labute approximate surface area is 231 Å². The van der Waals surface area contributed by atoms with Crippen molar-refractivity contribution in [2.24, 2.45) is 0 Å². The third-order valence-corrected chi connectivity index (χ3v) is 8.25. The second kappa shape index (κ2) is 13.5. The molecule has 0 aliphatic carbocycles. The van der Waals surface area contributed by atoms with Crippen molar-refractivity contribution in [2.75, 3.05) is 52.3 Å². The summed E-state index contributed by atoms with van der Waals surface area (Å²) in [4.78, 5) is 21.5. The first-order valence-electron chi connectivity index (χ1n) is 14.2. The van der Waals surface area contributed by atoms with Crippen molar-refractivity contribution in [3.63, 3.8) is 0 Å². The van der Waals surface area contributed by atoms with Crippen molar-refractivity contribution < 1.29 is 24.1 Å². The second-order valence-electron chi connectivity index (χ2n) is 11.0. The molecule has 39 heavy (non-hydrogen) atoms. The number of aryl methyl sites for hydroxylation is 2. The lowest BCUT2D eigenvalue weighted by Gasteiger charge is -2.29. The van der Waals surface area contributed by atoms with Crippen LogP contribution in [-0.2, 0) is 17.6 Å². The average molecular weight is 543 g/mol. The number of nitrogens with zero attached hydrogens (tertiary/aromatic N) is 3. The summed E-state index contributed by atoms with van der Waals surface area (Å²) in [6.45, 7) is 4.76. The van der Waals surface area contributed by atoms with Crippen molar-refractivity contribution in [2.45, 2.75) is 69.9 Å². The highest BCUT2D eigenvalue weighted by Crippen LogP contribution is 2.37. The molecule has 1 aromatic heterocycles. The lowest BCUT2D eigenvalue weighted by molar-refractivity contribution is -0.143. The van der Waals surface area contributed by atoms with Gasteiger partial charge in [0.15, 0.2) is 11.6 Å². The molecule has 0 unspecified atom stereocenters. The predicted molar refractivity (Wildman–Crippen MR) is 150 cm³/mol. The first-order valence-corrected chi connectivity index (χ1v) is 14.2. The van der Waals surface area contributed by atoms with Crippen LogP contribution in [0.5, 0.6) is 5.75 Å². The number of carboxylic acid groups (broad SMARTS) is 1. The number of nitrogens with one attached hydrogen (secondary N) is 1. The number of halogens is 1. The highest BCUT2D eigenvalue weighted by Gasteiger charge is 2.37. The van der Waals surface area contributed by atoms with Gasteiger partial charge in [0.05, 0.1) is 7.11 Å². The number of benzene rings is 1. The van der Waals surface area contributed by atoms with E-state index in [1.807, 2.05) is 4.90 Å². The number of aliphatic hydroxyl groups excluding tert-OH is 1. The van der Waals surface area contributed by atoms with Gasteiger partial charge in [-0.3, -0.25) is 9.69 Å². The molecule has 0 radical (unpaired) electrons. The maximum Gasteiger partial charge on any atom is 0.325 e. The number of methoxy groups -OCH3 is 1. The molecule has 0 saturated carbocycles. The van der Waals surface area contributed by atoms with Gasteiger partial charge in [0, 0.05) is 49.5 Å². The summed E-state index contributed by atoms with van der Waals surface area (Å²) in [5, 5.41) is 23.1. The van der Waals surface area contributed by atoms with Crippen LogP contribution in [0, 0.1) is 5.82 Å². The number of hydrogen-bond acceptors (Lipinski definition) is 7. The Morgan fingerprint density at radius 1 is 1.31 bits per heavy atom. The molecule has 214 valence electrons. The van der Waals surface area contributed by atoms with E-state index in [-0.39, 0.29) is 24.3 Å². The summed E-state index contributed by atoms with van der Waals surface area (Å²) in [6, 6.07) is 6.58. The summed E-state index contributed by atoms with van der Waals surface area (Å²) in [7, 11) is 3.46. The number of hydrogen-bond donors (Lipinski definition) is 3. The van der Waals surface area contributed by atoms with E-state index in [0.29, 0.717) is 24.2 Å². The van der Waals surface area contributed by atoms with Crippen molar-refractivity contribution >= 4 is 11.8 Å². The number of ether oxygens (including phenoxy) is 1. The molecule has 1 fully saturated rings. The first kappa shape index (κ1) is 29.2. The third kappa shape index (κ3) is 7.07. The summed E-state index contributed by atoms with van der Waals surface area (Å²) >= 11 is 0.